The van der Waals surface area contributed by atoms with Crippen LogP contribution < -0.4 is 0 Å². The van der Waals surface area contributed by atoms with E-state index in [1.807, 2.05) is 0 Å². The van der Waals surface area contributed by atoms with E-state index in [9.17, 15) is 0 Å². The van der Waals surface area contributed by atoms with Gasteiger partial charge in [0.2, 0.25) is 0 Å². The van der Waals surface area contributed by atoms with Crippen LogP contribution in [0.3, 0.4) is 0 Å². The van der Waals surface area contributed by atoms with Gasteiger partial charge >= 0.3 is 0 Å². The Labute approximate surface area is 98.8 Å². The van der Waals surface area contributed by atoms with Crippen molar-refractivity contribution in [2.45, 2.75) is 12.8 Å². The van der Waals surface area contributed by atoms with Gasteiger partial charge < -0.3 is 0 Å². The lowest BCUT2D eigenvalue weighted by Crippen LogP contribution is -2.38. The monoisotopic (exact) mass is 236 g/mol. The van der Waals surface area contributed by atoms with Crippen molar-refractivity contribution in [3.63, 3.8) is 0 Å². The summed E-state index contributed by atoms with van der Waals surface area (Å²) in [5.74, 6) is 2.20. The van der Waals surface area contributed by atoms with E-state index in [-0.39, 0.29) is 0 Å². The van der Waals surface area contributed by atoms with Crippen molar-refractivity contribution in [1.29, 1.82) is 0 Å². The lowest BCUT2D eigenvalue weighted by molar-refractivity contribution is 0.194. The highest BCUT2D eigenvalue weighted by Crippen LogP contribution is 2.03. The van der Waals surface area contributed by atoms with Crippen LogP contribution in [0.15, 0.2) is 0 Å². The molecule has 0 spiro atoms. The molecule has 0 bridgehead atoms. The molecule has 1 saturated heterocycles. The summed E-state index contributed by atoms with van der Waals surface area (Å²) < 4.78 is 0. The molecular formula is C10H24N2S2+2. The molecule has 0 N–H and O–H groups in total. The zero-order chi connectivity index (χ0) is 10.2. The van der Waals surface area contributed by atoms with Crippen LogP contribution in [0.5, 0.6) is 0 Å². The molecule has 1 aliphatic rings. The third kappa shape index (κ3) is 4.91. The fourth-order valence-electron chi connectivity index (χ4n) is 2.02. The zero-order valence-corrected chi connectivity index (χ0v) is 11.0. The lowest BCUT2D eigenvalue weighted by Gasteiger charge is -2.28. The van der Waals surface area contributed by atoms with Crippen LogP contribution in [0.1, 0.15) is 12.8 Å². The SMILES string of the molecule is [SH2+]CCN1CCCN(CC[SH2+])CCC1. The molecule has 0 saturated carbocycles. The molecule has 0 aromatic rings. The van der Waals surface area contributed by atoms with Crippen molar-refractivity contribution in [3.8, 4) is 0 Å². The van der Waals surface area contributed by atoms with Crippen LogP contribution in [0.25, 0.3) is 0 Å². The van der Waals surface area contributed by atoms with Crippen LogP contribution >= 0.6 is 0 Å². The number of rotatable bonds is 4. The second-order valence-electron chi connectivity index (χ2n) is 3.89. The van der Waals surface area contributed by atoms with Gasteiger partial charge in [-0.05, 0) is 64.3 Å². The Morgan fingerprint density at radius 1 is 0.714 bits per heavy atom. The summed E-state index contributed by atoms with van der Waals surface area (Å²) in [6.07, 6.45) is 2.64. The molecule has 0 unspecified atom stereocenters. The molecule has 84 valence electrons. The van der Waals surface area contributed by atoms with Crippen molar-refractivity contribution in [2.24, 2.45) is 0 Å². The highest BCUT2D eigenvalue weighted by atomic mass is 32.1. The number of nitrogens with zero attached hydrogens (tertiary/aromatic N) is 2. The fraction of sp³-hybridized carbons (Fsp3) is 1.00. The highest BCUT2D eigenvalue weighted by molar-refractivity contribution is 7.58. The maximum Gasteiger partial charge on any atom is 0.116 e. The standard InChI is InChI=1S/C10H22N2S2/c13-9-7-11-3-1-4-12(8-10-14)6-2-5-11/h13-14H,1-10H2/p+2. The van der Waals surface area contributed by atoms with Gasteiger partial charge in [0.25, 0.3) is 0 Å². The Hall–Kier alpha value is 0.620. The van der Waals surface area contributed by atoms with E-state index in [1.54, 1.807) is 0 Å². The molecule has 14 heavy (non-hydrogen) atoms. The summed E-state index contributed by atoms with van der Waals surface area (Å²) in [5, 5.41) is 0. The van der Waals surface area contributed by atoms with Crippen molar-refractivity contribution in [3.05, 3.63) is 0 Å². The number of hydrogen-bond donors (Lipinski definition) is 0. The van der Waals surface area contributed by atoms with E-state index in [2.05, 4.69) is 35.1 Å². The van der Waals surface area contributed by atoms with Gasteiger partial charge in [-0.1, -0.05) is 0 Å². The predicted octanol–water partition coefficient (Wildman–Crippen LogP) is -0.593. The van der Waals surface area contributed by atoms with Crippen LogP contribution in [0.4, 0.5) is 0 Å². The van der Waals surface area contributed by atoms with Crippen LogP contribution in [-0.4, -0.2) is 60.6 Å². The first-order chi connectivity index (χ1) is 6.86. The normalized spacial score (nSPS) is 21.9. The van der Waals surface area contributed by atoms with Gasteiger partial charge in [-0.2, -0.15) is 0 Å². The topological polar surface area (TPSA) is 6.48 Å². The zero-order valence-electron chi connectivity index (χ0n) is 8.97. The molecular weight excluding hydrogens is 212 g/mol. The predicted molar refractivity (Wildman–Crippen MR) is 72.2 cm³/mol. The largest absolute Gasteiger partial charge is 0.299 e. The maximum absolute atomic E-state index is 3.55. The summed E-state index contributed by atoms with van der Waals surface area (Å²) in [6.45, 7) is 7.47. The van der Waals surface area contributed by atoms with E-state index in [4.69, 9.17) is 0 Å². The lowest BCUT2D eigenvalue weighted by atomic mass is 10.2. The second kappa shape index (κ2) is 7.85. The minimum Gasteiger partial charge on any atom is -0.299 e. The first-order valence-electron chi connectivity index (χ1n) is 5.60. The van der Waals surface area contributed by atoms with Gasteiger partial charge in [0.15, 0.2) is 0 Å². The van der Waals surface area contributed by atoms with E-state index in [0.717, 1.165) is 11.5 Å². The molecule has 0 atom stereocenters. The average Bonchev–Trinajstić information content (AvgIpc) is 2.13. The average molecular weight is 236 g/mol. The van der Waals surface area contributed by atoms with E-state index in [1.165, 1.54) is 52.1 Å². The van der Waals surface area contributed by atoms with E-state index < -0.39 is 0 Å². The van der Waals surface area contributed by atoms with Crippen LogP contribution in [-0.2, 0) is 25.3 Å². The molecule has 0 aromatic carbocycles. The molecule has 0 amide bonds. The summed E-state index contributed by atoms with van der Waals surface area (Å²) in [5.41, 5.74) is 0. The van der Waals surface area contributed by atoms with Gasteiger partial charge in [0, 0.05) is 13.1 Å². The molecule has 2 nitrogen and oxygen atoms in total. The third-order valence-corrected chi connectivity index (χ3v) is 3.20. The van der Waals surface area contributed by atoms with Crippen molar-refractivity contribution in [2.75, 3.05) is 50.8 Å². The Kier molecular flexibility index (Phi) is 7.12. The summed E-state index contributed by atoms with van der Waals surface area (Å²) in [6, 6.07) is 0. The molecule has 0 aromatic heterocycles. The molecule has 1 fully saturated rings. The Morgan fingerprint density at radius 3 is 1.36 bits per heavy atom. The molecule has 4 heteroatoms. The van der Waals surface area contributed by atoms with Gasteiger partial charge in [-0.3, -0.25) is 9.80 Å². The minimum atomic E-state index is 1.10. The van der Waals surface area contributed by atoms with Crippen molar-refractivity contribution >= 4 is 25.3 Å². The van der Waals surface area contributed by atoms with Gasteiger partial charge in [0.05, 0.1) is 0 Å². The minimum absolute atomic E-state index is 1.10. The summed E-state index contributed by atoms with van der Waals surface area (Å²) in [7, 11) is 0. The van der Waals surface area contributed by atoms with Gasteiger partial charge in [0.1, 0.15) is 11.5 Å². The smallest absolute Gasteiger partial charge is 0.116 e. The third-order valence-electron chi connectivity index (χ3n) is 2.75. The molecule has 0 radical (unpaired) electrons. The molecule has 1 heterocycles. The summed E-state index contributed by atoms with van der Waals surface area (Å²) in [4.78, 5) is 5.13. The van der Waals surface area contributed by atoms with E-state index >= 15 is 0 Å². The maximum atomic E-state index is 3.55. The van der Waals surface area contributed by atoms with Crippen molar-refractivity contribution < 1.29 is 0 Å². The Morgan fingerprint density at radius 2 is 1.07 bits per heavy atom. The molecule has 1 aliphatic heterocycles. The Bertz CT molecular complexity index is 120. The first-order valence-corrected chi connectivity index (χ1v) is 7.02. The highest BCUT2D eigenvalue weighted by Gasteiger charge is 2.12. The van der Waals surface area contributed by atoms with Crippen LogP contribution in [0, 0.1) is 0 Å². The quantitative estimate of drug-likeness (QED) is 0.602. The van der Waals surface area contributed by atoms with Crippen LogP contribution in [0.2, 0.25) is 0 Å². The second-order valence-corrected chi connectivity index (χ2v) is 4.89. The molecule has 1 rings (SSSR count). The van der Waals surface area contributed by atoms with Gasteiger partial charge in [-0.25, -0.2) is 0 Å². The fourth-order valence-corrected chi connectivity index (χ4v) is 2.66. The first kappa shape index (κ1) is 12.7. The van der Waals surface area contributed by atoms with Crippen molar-refractivity contribution in [1.82, 2.24) is 9.80 Å². The van der Waals surface area contributed by atoms with Gasteiger partial charge in [-0.15, -0.1) is 0 Å². The number of hydrogen-bond acceptors (Lipinski definition) is 2. The Balaban J connectivity index is 2.20. The summed E-state index contributed by atoms with van der Waals surface area (Å²) >= 11 is 7.11. The molecule has 0 aliphatic carbocycles. The van der Waals surface area contributed by atoms with E-state index in [0.29, 0.717) is 0 Å².